The fourth-order valence-corrected chi connectivity index (χ4v) is 2.41. The highest BCUT2D eigenvalue weighted by Gasteiger charge is 2.32. The average Bonchev–Trinajstić information content (AvgIpc) is 2.32. The van der Waals surface area contributed by atoms with Crippen LogP contribution in [-0.2, 0) is 11.8 Å². The van der Waals surface area contributed by atoms with Crippen molar-refractivity contribution in [2.75, 3.05) is 12.3 Å². The van der Waals surface area contributed by atoms with Crippen molar-refractivity contribution in [1.82, 2.24) is 20.1 Å². The van der Waals surface area contributed by atoms with Crippen LogP contribution >= 0.6 is 11.8 Å². The summed E-state index contributed by atoms with van der Waals surface area (Å²) in [4.78, 5) is 37.0. The van der Waals surface area contributed by atoms with Gasteiger partial charge in [-0.2, -0.15) is 4.98 Å². The first-order chi connectivity index (χ1) is 8.80. The van der Waals surface area contributed by atoms with E-state index in [0.29, 0.717) is 6.54 Å². The van der Waals surface area contributed by atoms with Gasteiger partial charge in [0.15, 0.2) is 5.16 Å². The first-order valence-electron chi connectivity index (χ1n) is 5.58. The van der Waals surface area contributed by atoms with Crippen LogP contribution in [0.25, 0.3) is 0 Å². The highest BCUT2D eigenvalue weighted by Crippen LogP contribution is 2.19. The number of carbonyl (C=O) groups is 1. The molecule has 1 heterocycles. The lowest BCUT2D eigenvalue weighted by molar-refractivity contribution is -0.143. The Hall–Kier alpha value is -1.61. The monoisotopic (exact) mass is 288 g/mol. The van der Waals surface area contributed by atoms with E-state index < -0.39 is 22.6 Å². The van der Waals surface area contributed by atoms with Crippen LogP contribution in [-0.4, -0.2) is 43.7 Å². The summed E-state index contributed by atoms with van der Waals surface area (Å²) in [6, 6.07) is 0. The predicted molar refractivity (Wildman–Crippen MR) is 70.5 cm³/mol. The number of thioether (sulfide) groups is 1. The molecule has 0 aromatic carbocycles. The van der Waals surface area contributed by atoms with Crippen LogP contribution in [0.15, 0.2) is 14.7 Å². The van der Waals surface area contributed by atoms with Gasteiger partial charge in [-0.3, -0.25) is 24.2 Å². The molecule has 0 saturated carbocycles. The molecule has 0 fully saturated rings. The molecular formula is C10H16N4O4S. The summed E-state index contributed by atoms with van der Waals surface area (Å²) in [5.41, 5.74) is -2.83. The minimum atomic E-state index is -1.13. The second-order valence-corrected chi connectivity index (χ2v) is 5.10. The molecule has 9 heteroatoms. The number of H-pyrrole nitrogens is 1. The molecule has 0 aliphatic rings. The number of rotatable bonds is 6. The van der Waals surface area contributed by atoms with E-state index in [1.807, 2.05) is 0 Å². The molecule has 1 atom stereocenters. The summed E-state index contributed by atoms with van der Waals surface area (Å²) in [5.74, 6) is -0.820. The Balaban J connectivity index is 2.92. The molecule has 1 aromatic heterocycles. The summed E-state index contributed by atoms with van der Waals surface area (Å²) >= 11 is 1.08. The number of carboxylic acid groups (broad SMARTS) is 1. The minimum absolute atomic E-state index is 0.169. The number of nitrogens with one attached hydrogen (secondary N) is 2. The van der Waals surface area contributed by atoms with Gasteiger partial charge in [0.25, 0.3) is 0 Å². The van der Waals surface area contributed by atoms with Crippen molar-refractivity contribution < 1.29 is 9.90 Å². The number of aromatic amines is 1. The van der Waals surface area contributed by atoms with Gasteiger partial charge in [-0.05, 0) is 13.5 Å². The molecule has 0 spiro atoms. The minimum Gasteiger partial charge on any atom is -0.480 e. The van der Waals surface area contributed by atoms with E-state index in [-0.39, 0.29) is 10.9 Å². The molecule has 1 aromatic rings. The lowest BCUT2D eigenvalue weighted by Crippen LogP contribution is -2.51. The molecular weight excluding hydrogens is 272 g/mol. The van der Waals surface area contributed by atoms with Gasteiger partial charge >= 0.3 is 17.1 Å². The fourth-order valence-electron chi connectivity index (χ4n) is 1.38. The molecule has 0 bridgehead atoms. The van der Waals surface area contributed by atoms with Gasteiger partial charge in [0, 0.05) is 12.8 Å². The number of hydrogen-bond donors (Lipinski definition) is 3. The van der Waals surface area contributed by atoms with Crippen molar-refractivity contribution in [3.63, 3.8) is 0 Å². The van der Waals surface area contributed by atoms with E-state index in [2.05, 4.69) is 15.4 Å². The van der Waals surface area contributed by atoms with E-state index in [4.69, 9.17) is 0 Å². The summed E-state index contributed by atoms with van der Waals surface area (Å²) in [5, 5.41) is 14.6. The molecule has 0 radical (unpaired) electrons. The SMILES string of the molecule is CCNC(C)(CSc1nc(=O)c(=O)[nH]n1C)C(=O)O. The largest absolute Gasteiger partial charge is 0.480 e. The summed E-state index contributed by atoms with van der Waals surface area (Å²) in [7, 11) is 1.53. The number of aryl methyl sites for hydroxylation is 1. The molecule has 19 heavy (non-hydrogen) atoms. The molecule has 0 aliphatic carbocycles. The number of aromatic nitrogens is 3. The van der Waals surface area contributed by atoms with Crippen LogP contribution in [0.2, 0.25) is 0 Å². The molecule has 1 rings (SSSR count). The molecule has 0 amide bonds. The highest BCUT2D eigenvalue weighted by molar-refractivity contribution is 7.99. The maximum Gasteiger partial charge on any atom is 0.339 e. The summed E-state index contributed by atoms with van der Waals surface area (Å²) < 4.78 is 1.29. The van der Waals surface area contributed by atoms with Crippen LogP contribution in [0.3, 0.4) is 0 Å². The maximum absolute atomic E-state index is 11.2. The normalized spacial score (nSPS) is 14.1. The summed E-state index contributed by atoms with van der Waals surface area (Å²) in [6.07, 6.45) is 0. The van der Waals surface area contributed by atoms with Crippen LogP contribution in [0, 0.1) is 0 Å². The Morgan fingerprint density at radius 1 is 1.58 bits per heavy atom. The smallest absolute Gasteiger partial charge is 0.339 e. The van der Waals surface area contributed by atoms with Crippen LogP contribution in [0.1, 0.15) is 13.8 Å². The van der Waals surface area contributed by atoms with Crippen LogP contribution < -0.4 is 16.4 Å². The van der Waals surface area contributed by atoms with Gasteiger partial charge in [0.2, 0.25) is 0 Å². The topological polar surface area (TPSA) is 117 Å². The lowest BCUT2D eigenvalue weighted by Gasteiger charge is -2.25. The van der Waals surface area contributed by atoms with Gasteiger partial charge in [0.05, 0.1) is 0 Å². The van der Waals surface area contributed by atoms with Gasteiger partial charge < -0.3 is 10.4 Å². The third kappa shape index (κ3) is 3.67. The Bertz CT molecular complexity index is 582. The first kappa shape index (κ1) is 15.4. The molecule has 0 aliphatic heterocycles. The van der Waals surface area contributed by atoms with Crippen molar-refractivity contribution in [3.05, 3.63) is 20.7 Å². The Kier molecular flexibility index (Phi) is 4.90. The van der Waals surface area contributed by atoms with E-state index in [9.17, 15) is 19.5 Å². The second-order valence-electron chi connectivity index (χ2n) is 4.16. The zero-order valence-electron chi connectivity index (χ0n) is 10.9. The van der Waals surface area contributed by atoms with Gasteiger partial charge in [0.1, 0.15) is 5.54 Å². The third-order valence-corrected chi connectivity index (χ3v) is 3.82. The Morgan fingerprint density at radius 3 is 2.74 bits per heavy atom. The van der Waals surface area contributed by atoms with Crippen LogP contribution in [0.4, 0.5) is 0 Å². The first-order valence-corrected chi connectivity index (χ1v) is 6.57. The van der Waals surface area contributed by atoms with Crippen molar-refractivity contribution in [2.45, 2.75) is 24.5 Å². The van der Waals surface area contributed by atoms with Crippen molar-refractivity contribution >= 4 is 17.7 Å². The number of aliphatic carboxylic acids is 1. The quantitative estimate of drug-likeness (QED) is 0.454. The van der Waals surface area contributed by atoms with E-state index >= 15 is 0 Å². The van der Waals surface area contributed by atoms with Gasteiger partial charge in [-0.25, -0.2) is 0 Å². The number of hydrogen-bond acceptors (Lipinski definition) is 6. The molecule has 3 N–H and O–H groups in total. The third-order valence-electron chi connectivity index (χ3n) is 2.48. The van der Waals surface area contributed by atoms with E-state index in [1.54, 1.807) is 13.8 Å². The lowest BCUT2D eigenvalue weighted by atomic mass is 10.1. The average molecular weight is 288 g/mol. The molecule has 106 valence electrons. The standard InChI is InChI=1S/C10H16N4O4S/c1-4-11-10(2,8(17)18)5-19-9-12-6(15)7(16)13-14(9)3/h11H,4-5H2,1-3H3,(H,13,16)(H,17,18). The summed E-state index contributed by atoms with van der Waals surface area (Å²) in [6.45, 7) is 3.86. The Labute approximate surface area is 113 Å². The molecule has 0 saturated heterocycles. The van der Waals surface area contributed by atoms with Crippen molar-refractivity contribution in [3.8, 4) is 0 Å². The van der Waals surface area contributed by atoms with Gasteiger partial charge in [-0.15, -0.1) is 0 Å². The number of likely N-dealkylation sites (N-methyl/N-ethyl adjacent to an activating group) is 1. The Morgan fingerprint density at radius 2 is 2.21 bits per heavy atom. The van der Waals surface area contributed by atoms with Gasteiger partial charge in [-0.1, -0.05) is 18.7 Å². The van der Waals surface area contributed by atoms with E-state index in [1.165, 1.54) is 11.7 Å². The predicted octanol–water partition coefficient (Wildman–Crippen LogP) is -0.986. The van der Waals surface area contributed by atoms with E-state index in [0.717, 1.165) is 11.8 Å². The second kappa shape index (κ2) is 6.02. The maximum atomic E-state index is 11.2. The zero-order valence-corrected chi connectivity index (χ0v) is 11.7. The highest BCUT2D eigenvalue weighted by atomic mass is 32.2. The van der Waals surface area contributed by atoms with Crippen molar-refractivity contribution in [2.24, 2.45) is 7.05 Å². The van der Waals surface area contributed by atoms with Crippen LogP contribution in [0.5, 0.6) is 0 Å². The number of nitrogens with zero attached hydrogens (tertiary/aromatic N) is 2. The van der Waals surface area contributed by atoms with Crippen molar-refractivity contribution in [1.29, 1.82) is 0 Å². The zero-order chi connectivity index (χ0) is 14.6. The molecule has 8 nitrogen and oxygen atoms in total. The molecule has 1 unspecified atom stereocenters. The number of carboxylic acids is 1. The fraction of sp³-hybridized carbons (Fsp3) is 0.600.